The molecule has 0 aromatic carbocycles. The Labute approximate surface area is 323 Å². The van der Waals surface area contributed by atoms with E-state index in [1.54, 1.807) is 9.42 Å². The van der Waals surface area contributed by atoms with E-state index in [4.69, 9.17) is 21.0 Å². The summed E-state index contributed by atoms with van der Waals surface area (Å²) in [6.07, 6.45) is 21.0. The molecule has 296 valence electrons. The highest BCUT2D eigenvalue weighted by atomic mass is 16.6. The van der Waals surface area contributed by atoms with Crippen molar-refractivity contribution in [2.45, 2.75) is 150 Å². The molecule has 3 fully saturated rings. The first-order valence-electron chi connectivity index (χ1n) is 21.3. The fraction of sp³-hybridized carbons (Fsp3) is 0.727. The van der Waals surface area contributed by atoms with Crippen LogP contribution in [0.1, 0.15) is 149 Å². The summed E-state index contributed by atoms with van der Waals surface area (Å²) in [6.45, 7) is 23.8. The number of hydrogen-bond acceptors (Lipinski definition) is 5. The van der Waals surface area contributed by atoms with Crippen LogP contribution in [-0.2, 0) is 16.0 Å². The number of ether oxygens (including phenoxy) is 2. The lowest BCUT2D eigenvalue weighted by Gasteiger charge is -2.61. The van der Waals surface area contributed by atoms with Gasteiger partial charge in [0.05, 0.1) is 30.7 Å². The predicted octanol–water partition coefficient (Wildman–Crippen LogP) is 10.2. The predicted molar refractivity (Wildman–Crippen MR) is 215 cm³/mol. The number of β-lactam (4-membered cyclic amide) rings is 1. The maximum Gasteiger partial charge on any atom is 0.415 e. The topological polar surface area (TPSA) is 105 Å². The van der Waals surface area contributed by atoms with Gasteiger partial charge in [-0.05, 0) is 73.8 Å². The van der Waals surface area contributed by atoms with Crippen molar-refractivity contribution < 1.29 is 19.1 Å². The van der Waals surface area contributed by atoms with Crippen molar-refractivity contribution >= 4 is 28.9 Å². The zero-order chi connectivity index (χ0) is 38.5. The molecule has 10 heteroatoms. The third-order valence-electron chi connectivity index (χ3n) is 13.6. The average Bonchev–Trinajstić information content (AvgIpc) is 3.70. The first kappa shape index (κ1) is 40.1. The van der Waals surface area contributed by atoms with Gasteiger partial charge in [0, 0.05) is 25.1 Å². The molecule has 6 rings (SSSR count). The summed E-state index contributed by atoms with van der Waals surface area (Å²) >= 11 is 0. The van der Waals surface area contributed by atoms with Crippen LogP contribution in [0, 0.1) is 35.7 Å². The van der Waals surface area contributed by atoms with Crippen molar-refractivity contribution in [2.75, 3.05) is 26.3 Å². The first-order chi connectivity index (χ1) is 26.1. The van der Waals surface area contributed by atoms with Crippen molar-refractivity contribution in [3.05, 3.63) is 40.5 Å². The van der Waals surface area contributed by atoms with Crippen molar-refractivity contribution in [2.24, 2.45) is 29.1 Å². The van der Waals surface area contributed by atoms with Crippen LogP contribution in [0.3, 0.4) is 0 Å². The van der Waals surface area contributed by atoms with Gasteiger partial charge in [0.15, 0.2) is 5.82 Å². The molecule has 0 radical (unpaired) electrons. The average molecular weight is 743 g/mol. The van der Waals surface area contributed by atoms with E-state index in [1.165, 1.54) is 44.1 Å². The second kappa shape index (κ2) is 17.5. The van der Waals surface area contributed by atoms with Crippen LogP contribution in [0.4, 0.5) is 10.5 Å². The maximum absolute atomic E-state index is 13.9. The molecule has 1 saturated carbocycles. The number of nitrogens with one attached hydrogen (secondary N) is 2. The van der Waals surface area contributed by atoms with Gasteiger partial charge < -0.3 is 19.7 Å². The Bertz CT molecular complexity index is 1730. The molecule has 4 unspecified atom stereocenters. The molecule has 2 saturated heterocycles. The maximum atomic E-state index is 13.9. The normalized spacial score (nSPS) is 28.4. The molecule has 2 aromatic rings. The smallest absolute Gasteiger partial charge is 0.402 e. The monoisotopic (exact) mass is 743 g/mol. The number of fused-ring (bicyclic) bond motifs is 1. The minimum Gasteiger partial charge on any atom is -0.402 e. The minimum atomic E-state index is -0.479. The van der Waals surface area contributed by atoms with Crippen LogP contribution in [0.25, 0.3) is 16.1 Å². The van der Waals surface area contributed by atoms with Crippen LogP contribution < -0.4 is 10.1 Å². The molecule has 4 heterocycles. The van der Waals surface area contributed by atoms with Crippen molar-refractivity contribution in [3.63, 3.8) is 0 Å². The highest BCUT2D eigenvalue weighted by Crippen LogP contribution is 2.57. The number of aromatic amines is 1. The van der Waals surface area contributed by atoms with Gasteiger partial charge in [-0.2, -0.15) is 0 Å². The summed E-state index contributed by atoms with van der Waals surface area (Å²) in [7, 11) is 0. The second-order valence-electron chi connectivity index (χ2n) is 17.3. The van der Waals surface area contributed by atoms with Gasteiger partial charge >= 0.3 is 6.09 Å². The largest absolute Gasteiger partial charge is 0.415 e. The number of carbonyl (C=O) groups excluding carboxylic acids is 2. The van der Waals surface area contributed by atoms with E-state index in [1.807, 2.05) is 0 Å². The van der Waals surface area contributed by atoms with Crippen molar-refractivity contribution in [1.82, 2.24) is 24.8 Å². The van der Waals surface area contributed by atoms with Crippen LogP contribution >= 0.6 is 0 Å². The van der Waals surface area contributed by atoms with Gasteiger partial charge in [-0.3, -0.25) is 9.89 Å². The number of allylic oxidation sites excluding steroid dienone is 2. The molecule has 10 nitrogen and oxygen atoms in total. The summed E-state index contributed by atoms with van der Waals surface area (Å²) in [5.74, 6) is 3.16. The Morgan fingerprint density at radius 2 is 1.61 bits per heavy atom. The third-order valence-corrected chi connectivity index (χ3v) is 13.6. The van der Waals surface area contributed by atoms with E-state index in [-0.39, 0.29) is 11.8 Å². The van der Waals surface area contributed by atoms with Crippen LogP contribution in [0.2, 0.25) is 0 Å². The number of H-pyrrole nitrogens is 1. The lowest BCUT2D eigenvalue weighted by molar-refractivity contribution is -0.155. The number of unbranched alkanes of at least 4 members (excludes halogenated alkanes) is 8. The molecule has 2 N–H and O–H groups in total. The quantitative estimate of drug-likeness (QED) is 0.101. The molecule has 2 amide bonds. The van der Waals surface area contributed by atoms with Gasteiger partial charge in [0.1, 0.15) is 5.65 Å². The molecule has 54 heavy (non-hydrogen) atoms. The number of hydrogen-bond donors (Lipinski definition) is 2. The highest BCUT2D eigenvalue weighted by Gasteiger charge is 2.65. The number of nitrogens with zero attached hydrogens (tertiary/aromatic N) is 4. The molecule has 4 aliphatic rings. The highest BCUT2D eigenvalue weighted by molar-refractivity contribution is 5.95. The van der Waals surface area contributed by atoms with Gasteiger partial charge in [0.25, 0.3) is 5.69 Å². The molecule has 0 bridgehead atoms. The SMILES string of the molecule is [C-]#[N+]c1c(CC2C(C)CC(C)CC2C)c2nc(C3=CC=C(C)C4(C3)NC(=O)C4(CCCCCC)CCCCCCCC)[nH]n2c1OC(=O)N1CCOCC1. The lowest BCUT2D eigenvalue weighted by atomic mass is 9.52. The molecule has 2 aromatic heterocycles. The van der Waals surface area contributed by atoms with Crippen molar-refractivity contribution in [3.8, 4) is 5.88 Å². The van der Waals surface area contributed by atoms with Crippen LogP contribution in [0.5, 0.6) is 5.88 Å². The minimum absolute atomic E-state index is 0.195. The van der Waals surface area contributed by atoms with Crippen LogP contribution in [0.15, 0.2) is 17.7 Å². The van der Waals surface area contributed by atoms with E-state index >= 15 is 0 Å². The number of morpholine rings is 1. The zero-order valence-electron chi connectivity index (χ0n) is 34.0. The summed E-state index contributed by atoms with van der Waals surface area (Å²) in [4.78, 5) is 38.3. The Balaban J connectivity index is 1.35. The summed E-state index contributed by atoms with van der Waals surface area (Å²) in [5.41, 5.74) is 3.15. The Morgan fingerprint density at radius 3 is 2.24 bits per heavy atom. The fourth-order valence-electron chi connectivity index (χ4n) is 10.5. The summed E-state index contributed by atoms with van der Waals surface area (Å²) < 4.78 is 13.4. The van der Waals surface area contributed by atoms with E-state index in [0.717, 1.165) is 62.5 Å². The summed E-state index contributed by atoms with van der Waals surface area (Å²) in [5, 5.41) is 6.98. The number of carbonyl (C=O) groups is 2. The molecular formula is C44H66N6O4. The van der Waals surface area contributed by atoms with E-state index < -0.39 is 17.0 Å². The van der Waals surface area contributed by atoms with Gasteiger partial charge in [-0.15, -0.1) is 0 Å². The van der Waals surface area contributed by atoms with Crippen molar-refractivity contribution in [1.29, 1.82) is 0 Å². The zero-order valence-corrected chi connectivity index (χ0v) is 34.0. The van der Waals surface area contributed by atoms with Gasteiger partial charge in [-0.25, -0.2) is 19.1 Å². The van der Waals surface area contributed by atoms with Crippen LogP contribution in [-0.4, -0.2) is 63.3 Å². The molecule has 4 atom stereocenters. The summed E-state index contributed by atoms with van der Waals surface area (Å²) in [6, 6.07) is 0. The number of amides is 2. The standard InChI is InChI=1S/C44H66N6O4/c1-8-10-12-14-15-17-21-43(20-16-13-11-9-2)41(51)47-44(43)29-34(19-18-33(44)6)38-46-39-36(28-35-31(4)26-30(3)27-32(35)5)37(45-7)40(50(39)48-38)54-42(52)49-22-24-53-25-23-49/h18-19,30-32,35H,8-17,20-29H2,1-6H3,(H,46,48)(H,47,51). The number of aromatic nitrogens is 3. The Kier molecular flexibility index (Phi) is 13.0. The molecule has 2 aliphatic carbocycles. The second-order valence-corrected chi connectivity index (χ2v) is 17.3. The Hall–Kier alpha value is -3.58. The number of rotatable bonds is 16. The lowest BCUT2D eigenvalue weighted by Crippen LogP contribution is -2.77. The first-order valence-corrected chi connectivity index (χ1v) is 21.3. The Morgan fingerprint density at radius 1 is 0.981 bits per heavy atom. The van der Waals surface area contributed by atoms with E-state index in [9.17, 15) is 9.59 Å². The van der Waals surface area contributed by atoms with E-state index in [2.05, 4.69) is 69.0 Å². The third kappa shape index (κ3) is 7.76. The molecule has 2 aliphatic heterocycles. The van der Waals surface area contributed by atoms with Gasteiger partial charge in [-0.1, -0.05) is 111 Å². The van der Waals surface area contributed by atoms with E-state index in [0.29, 0.717) is 80.0 Å². The molecule has 1 spiro atoms. The fourth-order valence-corrected chi connectivity index (χ4v) is 10.5. The van der Waals surface area contributed by atoms with Gasteiger partial charge in [0.2, 0.25) is 11.8 Å². The molecular weight excluding hydrogens is 677 g/mol.